The molecule has 0 aliphatic carbocycles. The van der Waals surface area contributed by atoms with E-state index in [0.29, 0.717) is 13.2 Å². The van der Waals surface area contributed by atoms with Gasteiger partial charge in [0.2, 0.25) is 5.91 Å². The smallest absolute Gasteiger partial charge is 0.238 e. The molecule has 1 atom stereocenters. The molecule has 3 aromatic rings. The van der Waals surface area contributed by atoms with Gasteiger partial charge in [-0.15, -0.1) is 11.3 Å². The third kappa shape index (κ3) is 4.12. The molecule has 5 nitrogen and oxygen atoms in total. The Balaban J connectivity index is 1.40. The summed E-state index contributed by atoms with van der Waals surface area (Å²) in [7, 11) is 0. The molecule has 2 aromatic carbocycles. The molecule has 6 heteroatoms. The number of thiazole rings is 1. The second-order valence-corrected chi connectivity index (χ2v) is 7.72. The van der Waals surface area contributed by atoms with Crippen molar-refractivity contribution in [2.45, 2.75) is 25.8 Å². The predicted octanol–water partition coefficient (Wildman–Crippen LogP) is 4.47. The molecule has 1 fully saturated rings. The van der Waals surface area contributed by atoms with Crippen LogP contribution >= 0.6 is 11.3 Å². The minimum Gasteiger partial charge on any atom is -0.494 e. The Kier molecular flexibility index (Phi) is 5.36. The van der Waals surface area contributed by atoms with E-state index in [1.54, 1.807) is 11.3 Å². The number of carbonyl (C=O) groups excluding carboxylic acids is 1. The molecular weight excluding hydrogens is 358 g/mol. The van der Waals surface area contributed by atoms with E-state index < -0.39 is 0 Å². The third-order valence-electron chi connectivity index (χ3n) is 4.75. The van der Waals surface area contributed by atoms with E-state index in [2.05, 4.69) is 16.3 Å². The Hall–Kier alpha value is -2.44. The van der Waals surface area contributed by atoms with Crippen LogP contribution in [-0.2, 0) is 4.79 Å². The lowest BCUT2D eigenvalue weighted by Gasteiger charge is -2.22. The van der Waals surface area contributed by atoms with Crippen LogP contribution in [0.2, 0.25) is 0 Å². The molecule has 0 unspecified atom stereocenters. The number of nitrogens with one attached hydrogen (secondary N) is 1. The van der Waals surface area contributed by atoms with Crippen LogP contribution in [-0.4, -0.2) is 35.5 Å². The van der Waals surface area contributed by atoms with Gasteiger partial charge in [0.05, 0.1) is 29.4 Å². The SMILES string of the molecule is CCOc1ccc(NC(=O)CN2CCC[C@H]2c2nc3ccccc3s2)cc1. The minimum atomic E-state index is 0.00664. The van der Waals surface area contributed by atoms with Crippen molar-refractivity contribution in [3.8, 4) is 5.75 Å². The van der Waals surface area contributed by atoms with Crippen LogP contribution in [0, 0.1) is 0 Å². The Bertz CT molecular complexity index is 890. The molecule has 0 spiro atoms. The average Bonchev–Trinajstić information content (AvgIpc) is 3.29. The van der Waals surface area contributed by atoms with Gasteiger partial charge in [0.15, 0.2) is 0 Å². The van der Waals surface area contributed by atoms with Crippen molar-refractivity contribution < 1.29 is 9.53 Å². The van der Waals surface area contributed by atoms with Crippen molar-refractivity contribution in [2.75, 3.05) is 25.0 Å². The number of hydrogen-bond acceptors (Lipinski definition) is 5. The number of para-hydroxylation sites is 1. The molecule has 1 saturated heterocycles. The van der Waals surface area contributed by atoms with Gasteiger partial charge >= 0.3 is 0 Å². The molecular formula is C21H23N3O2S. The van der Waals surface area contributed by atoms with Crippen LogP contribution in [0.25, 0.3) is 10.2 Å². The zero-order chi connectivity index (χ0) is 18.6. The predicted molar refractivity (Wildman–Crippen MR) is 109 cm³/mol. The number of ether oxygens (including phenoxy) is 1. The number of carbonyl (C=O) groups is 1. The Morgan fingerprint density at radius 3 is 2.85 bits per heavy atom. The number of hydrogen-bond donors (Lipinski definition) is 1. The summed E-state index contributed by atoms with van der Waals surface area (Å²) >= 11 is 1.74. The van der Waals surface area contributed by atoms with Crippen molar-refractivity contribution in [1.29, 1.82) is 0 Å². The molecule has 1 aliphatic rings. The summed E-state index contributed by atoms with van der Waals surface area (Å²) in [6.07, 6.45) is 2.15. The molecule has 27 heavy (non-hydrogen) atoms. The number of nitrogens with zero attached hydrogens (tertiary/aromatic N) is 2. The van der Waals surface area contributed by atoms with Gasteiger partial charge in [0.25, 0.3) is 0 Å². The van der Waals surface area contributed by atoms with E-state index >= 15 is 0 Å². The highest BCUT2D eigenvalue weighted by molar-refractivity contribution is 7.18. The molecule has 4 rings (SSSR count). The lowest BCUT2D eigenvalue weighted by atomic mass is 10.2. The first-order valence-electron chi connectivity index (χ1n) is 9.35. The Morgan fingerprint density at radius 2 is 2.07 bits per heavy atom. The number of fused-ring (bicyclic) bond motifs is 1. The van der Waals surface area contributed by atoms with Gasteiger partial charge in [-0.05, 0) is 62.7 Å². The summed E-state index contributed by atoms with van der Waals surface area (Å²) in [6.45, 7) is 3.90. The van der Waals surface area contributed by atoms with Gasteiger partial charge in [0, 0.05) is 5.69 Å². The van der Waals surface area contributed by atoms with Crippen LogP contribution in [0.15, 0.2) is 48.5 Å². The van der Waals surface area contributed by atoms with Crippen LogP contribution < -0.4 is 10.1 Å². The summed E-state index contributed by atoms with van der Waals surface area (Å²) in [5.41, 5.74) is 1.84. The second kappa shape index (κ2) is 8.06. The monoisotopic (exact) mass is 381 g/mol. The average molecular weight is 382 g/mol. The maximum absolute atomic E-state index is 12.5. The second-order valence-electron chi connectivity index (χ2n) is 6.65. The molecule has 140 valence electrons. The largest absolute Gasteiger partial charge is 0.494 e. The Labute approximate surface area is 163 Å². The minimum absolute atomic E-state index is 0.00664. The molecule has 1 N–H and O–H groups in total. The van der Waals surface area contributed by atoms with Crippen LogP contribution in [0.1, 0.15) is 30.8 Å². The quantitative estimate of drug-likeness (QED) is 0.684. The van der Waals surface area contributed by atoms with Crippen LogP contribution in [0.4, 0.5) is 5.69 Å². The maximum Gasteiger partial charge on any atom is 0.238 e. The van der Waals surface area contributed by atoms with Gasteiger partial charge in [-0.25, -0.2) is 4.98 Å². The van der Waals surface area contributed by atoms with Crippen molar-refractivity contribution in [1.82, 2.24) is 9.88 Å². The van der Waals surface area contributed by atoms with E-state index in [4.69, 9.17) is 9.72 Å². The number of rotatable bonds is 6. The molecule has 1 aliphatic heterocycles. The summed E-state index contributed by atoms with van der Waals surface area (Å²) in [5.74, 6) is 0.818. The lowest BCUT2D eigenvalue weighted by molar-refractivity contribution is -0.117. The normalized spacial score (nSPS) is 17.3. The van der Waals surface area contributed by atoms with E-state index in [9.17, 15) is 4.79 Å². The Morgan fingerprint density at radius 1 is 1.26 bits per heavy atom. The molecule has 1 aromatic heterocycles. The van der Waals surface area contributed by atoms with Crippen molar-refractivity contribution in [3.63, 3.8) is 0 Å². The zero-order valence-corrected chi connectivity index (χ0v) is 16.2. The summed E-state index contributed by atoms with van der Waals surface area (Å²) in [5, 5.41) is 4.10. The van der Waals surface area contributed by atoms with Crippen molar-refractivity contribution in [3.05, 3.63) is 53.5 Å². The van der Waals surface area contributed by atoms with Gasteiger partial charge in [0.1, 0.15) is 10.8 Å². The van der Waals surface area contributed by atoms with Gasteiger partial charge < -0.3 is 10.1 Å². The number of anilines is 1. The highest BCUT2D eigenvalue weighted by atomic mass is 32.1. The van der Waals surface area contributed by atoms with Crippen molar-refractivity contribution >= 4 is 33.1 Å². The highest BCUT2D eigenvalue weighted by Crippen LogP contribution is 2.36. The maximum atomic E-state index is 12.5. The third-order valence-corrected chi connectivity index (χ3v) is 5.89. The number of aromatic nitrogens is 1. The van der Waals surface area contributed by atoms with Crippen molar-refractivity contribution in [2.24, 2.45) is 0 Å². The van der Waals surface area contributed by atoms with Crippen LogP contribution in [0.3, 0.4) is 0 Å². The first-order valence-corrected chi connectivity index (χ1v) is 10.2. The fraction of sp³-hybridized carbons (Fsp3) is 0.333. The van der Waals surface area contributed by atoms with E-state index in [-0.39, 0.29) is 11.9 Å². The standard InChI is InChI=1S/C21H23N3O2S/c1-2-26-16-11-9-15(10-12-16)22-20(25)14-24-13-5-7-18(24)21-23-17-6-3-4-8-19(17)27-21/h3-4,6,8-12,18H,2,5,7,13-14H2,1H3,(H,22,25)/t18-/m0/s1. The first kappa shape index (κ1) is 17.9. The molecule has 1 amide bonds. The fourth-order valence-corrected chi connectivity index (χ4v) is 4.65. The van der Waals surface area contributed by atoms with E-state index in [1.165, 1.54) is 4.70 Å². The molecule has 2 heterocycles. The van der Waals surface area contributed by atoms with E-state index in [0.717, 1.165) is 41.3 Å². The van der Waals surface area contributed by atoms with Gasteiger partial charge in [-0.1, -0.05) is 12.1 Å². The number of likely N-dealkylation sites (tertiary alicyclic amines) is 1. The molecule has 0 bridgehead atoms. The number of benzene rings is 2. The highest BCUT2D eigenvalue weighted by Gasteiger charge is 2.30. The van der Waals surface area contributed by atoms with E-state index in [1.807, 2.05) is 49.4 Å². The molecule has 0 saturated carbocycles. The number of amides is 1. The van der Waals surface area contributed by atoms with Gasteiger partial charge in [-0.3, -0.25) is 9.69 Å². The topological polar surface area (TPSA) is 54.5 Å². The van der Waals surface area contributed by atoms with Gasteiger partial charge in [-0.2, -0.15) is 0 Å². The lowest BCUT2D eigenvalue weighted by Crippen LogP contribution is -2.32. The first-order chi connectivity index (χ1) is 13.2. The summed E-state index contributed by atoms with van der Waals surface area (Å²) < 4.78 is 6.64. The fourth-order valence-electron chi connectivity index (χ4n) is 3.51. The van der Waals surface area contributed by atoms with Crippen LogP contribution in [0.5, 0.6) is 5.75 Å². The summed E-state index contributed by atoms with van der Waals surface area (Å²) in [4.78, 5) is 19.6. The zero-order valence-electron chi connectivity index (χ0n) is 15.4. The summed E-state index contributed by atoms with van der Waals surface area (Å²) in [6, 6.07) is 15.9. The molecule has 0 radical (unpaired) electrons.